The van der Waals surface area contributed by atoms with Crippen molar-refractivity contribution in [2.45, 2.75) is 50.4 Å². The number of furan rings is 1. The van der Waals surface area contributed by atoms with Gasteiger partial charge in [0, 0.05) is 37.9 Å². The minimum atomic E-state index is -0.00119. The second kappa shape index (κ2) is 5.85. The van der Waals surface area contributed by atoms with Crippen LogP contribution in [0.2, 0.25) is 0 Å². The van der Waals surface area contributed by atoms with Crippen LogP contribution in [0.1, 0.15) is 43.3 Å². The second-order valence-corrected chi connectivity index (χ2v) is 6.48. The number of amides is 1. The van der Waals surface area contributed by atoms with E-state index in [9.17, 15) is 4.79 Å². The van der Waals surface area contributed by atoms with E-state index in [2.05, 4.69) is 15.2 Å². The Morgan fingerprint density at radius 2 is 2.26 bits per heavy atom. The van der Waals surface area contributed by atoms with Crippen molar-refractivity contribution in [3.63, 3.8) is 0 Å². The number of imidazole rings is 1. The lowest BCUT2D eigenvalue weighted by molar-refractivity contribution is -0.139. The minimum absolute atomic E-state index is 0.00119. The van der Waals surface area contributed by atoms with Crippen molar-refractivity contribution >= 4 is 5.91 Å². The van der Waals surface area contributed by atoms with Gasteiger partial charge in [0.1, 0.15) is 17.6 Å². The van der Waals surface area contributed by atoms with Crippen molar-refractivity contribution in [2.75, 3.05) is 0 Å². The van der Waals surface area contributed by atoms with Gasteiger partial charge in [-0.05, 0) is 31.4 Å². The first-order valence-electron chi connectivity index (χ1n) is 8.28. The van der Waals surface area contributed by atoms with Gasteiger partial charge in [-0.3, -0.25) is 4.79 Å². The van der Waals surface area contributed by atoms with Gasteiger partial charge >= 0.3 is 0 Å². The molecule has 3 heterocycles. The fourth-order valence-corrected chi connectivity index (χ4v) is 3.52. The Labute approximate surface area is 135 Å². The average Bonchev–Trinajstić information content (AvgIpc) is 3.07. The van der Waals surface area contributed by atoms with Crippen LogP contribution in [-0.2, 0) is 18.4 Å². The summed E-state index contributed by atoms with van der Waals surface area (Å²) in [5.74, 6) is 2.14. The van der Waals surface area contributed by atoms with Gasteiger partial charge in [0.05, 0.1) is 12.8 Å². The third-order valence-electron chi connectivity index (χ3n) is 4.82. The van der Waals surface area contributed by atoms with Crippen molar-refractivity contribution in [3.05, 3.63) is 42.4 Å². The van der Waals surface area contributed by atoms with Crippen LogP contribution in [0, 0.1) is 0 Å². The molecule has 122 valence electrons. The lowest BCUT2D eigenvalue weighted by atomic mass is 9.94. The molecule has 2 aromatic rings. The normalized spacial score (nSPS) is 25.1. The number of carbonyl (C=O) groups is 1. The molecule has 0 unspecified atom stereocenters. The largest absolute Gasteiger partial charge is 0.468 e. The Hall–Kier alpha value is -2.08. The molecular formula is C17H22N4O2. The molecule has 0 radical (unpaired) electrons. The molecule has 0 bridgehead atoms. The maximum Gasteiger partial charge on any atom is 0.223 e. The van der Waals surface area contributed by atoms with Crippen molar-refractivity contribution < 1.29 is 9.21 Å². The van der Waals surface area contributed by atoms with E-state index in [1.165, 1.54) is 0 Å². The SMILES string of the molecule is Cn1ccnc1[C@H]1[C@H](NCc2ccco2)CCC(=O)N1C1CC1. The maximum absolute atomic E-state index is 12.5. The molecule has 1 N–H and O–H groups in total. The van der Waals surface area contributed by atoms with Gasteiger partial charge < -0.3 is 19.2 Å². The summed E-state index contributed by atoms with van der Waals surface area (Å²) in [6.45, 7) is 0.672. The number of aromatic nitrogens is 2. The van der Waals surface area contributed by atoms with Gasteiger partial charge in [0.2, 0.25) is 5.91 Å². The number of piperidine rings is 1. The zero-order chi connectivity index (χ0) is 15.8. The van der Waals surface area contributed by atoms with E-state index in [-0.39, 0.29) is 18.0 Å². The van der Waals surface area contributed by atoms with Crippen LogP contribution in [-0.4, -0.2) is 32.4 Å². The zero-order valence-corrected chi connectivity index (χ0v) is 13.3. The highest BCUT2D eigenvalue weighted by molar-refractivity contribution is 5.78. The second-order valence-electron chi connectivity index (χ2n) is 6.48. The molecule has 6 heteroatoms. The molecule has 1 saturated heterocycles. The number of hydrogen-bond donors (Lipinski definition) is 1. The highest BCUT2D eigenvalue weighted by atomic mass is 16.3. The van der Waals surface area contributed by atoms with Gasteiger partial charge in [-0.2, -0.15) is 0 Å². The van der Waals surface area contributed by atoms with E-state index in [1.54, 1.807) is 6.26 Å². The van der Waals surface area contributed by atoms with Gasteiger partial charge in [-0.1, -0.05) is 0 Å². The van der Waals surface area contributed by atoms with Gasteiger partial charge in [-0.15, -0.1) is 0 Å². The van der Waals surface area contributed by atoms with Crippen LogP contribution in [0.5, 0.6) is 0 Å². The smallest absolute Gasteiger partial charge is 0.223 e. The summed E-state index contributed by atoms with van der Waals surface area (Å²) < 4.78 is 7.45. The molecule has 0 aromatic carbocycles. The Balaban J connectivity index is 1.60. The molecule has 0 spiro atoms. The lowest BCUT2D eigenvalue weighted by Crippen LogP contribution is -2.52. The zero-order valence-electron chi connectivity index (χ0n) is 13.3. The highest BCUT2D eigenvalue weighted by Crippen LogP contribution is 2.40. The molecule has 2 aliphatic rings. The van der Waals surface area contributed by atoms with Crippen molar-refractivity contribution in [1.29, 1.82) is 0 Å². The summed E-state index contributed by atoms with van der Waals surface area (Å²) in [5, 5.41) is 3.58. The highest BCUT2D eigenvalue weighted by Gasteiger charge is 2.45. The van der Waals surface area contributed by atoms with Crippen LogP contribution in [0.15, 0.2) is 35.2 Å². The molecule has 1 aliphatic heterocycles. The Bertz CT molecular complexity index is 675. The fraction of sp³-hybridized carbons (Fsp3) is 0.529. The molecule has 23 heavy (non-hydrogen) atoms. The molecular weight excluding hydrogens is 292 g/mol. The van der Waals surface area contributed by atoms with E-state index in [0.717, 1.165) is 30.8 Å². The molecule has 4 rings (SSSR count). The number of hydrogen-bond acceptors (Lipinski definition) is 4. The molecule has 1 aliphatic carbocycles. The minimum Gasteiger partial charge on any atom is -0.468 e. The Morgan fingerprint density at radius 3 is 2.91 bits per heavy atom. The molecule has 2 fully saturated rings. The fourth-order valence-electron chi connectivity index (χ4n) is 3.52. The van der Waals surface area contributed by atoms with Crippen LogP contribution in [0.25, 0.3) is 0 Å². The van der Waals surface area contributed by atoms with E-state index in [1.807, 2.05) is 36.1 Å². The first kappa shape index (κ1) is 14.5. The van der Waals surface area contributed by atoms with Crippen LogP contribution in [0.3, 0.4) is 0 Å². The van der Waals surface area contributed by atoms with Gasteiger partial charge in [-0.25, -0.2) is 4.98 Å². The van der Waals surface area contributed by atoms with Crippen LogP contribution < -0.4 is 5.32 Å². The van der Waals surface area contributed by atoms with Crippen molar-refractivity contribution in [2.24, 2.45) is 7.05 Å². The summed E-state index contributed by atoms with van der Waals surface area (Å²) in [6.07, 6.45) is 9.10. The summed E-state index contributed by atoms with van der Waals surface area (Å²) in [5.41, 5.74) is 0. The third-order valence-corrected chi connectivity index (χ3v) is 4.82. The topological polar surface area (TPSA) is 63.3 Å². The van der Waals surface area contributed by atoms with Gasteiger partial charge in [0.25, 0.3) is 0 Å². The van der Waals surface area contributed by atoms with Crippen LogP contribution in [0.4, 0.5) is 0 Å². The summed E-state index contributed by atoms with van der Waals surface area (Å²) in [7, 11) is 2.00. The predicted octanol–water partition coefficient (Wildman–Crippen LogP) is 2.00. The Kier molecular flexibility index (Phi) is 3.69. The van der Waals surface area contributed by atoms with Gasteiger partial charge in [0.15, 0.2) is 0 Å². The number of nitrogens with one attached hydrogen (secondary N) is 1. The van der Waals surface area contributed by atoms with Crippen molar-refractivity contribution in [3.8, 4) is 0 Å². The number of aryl methyl sites for hydroxylation is 1. The monoisotopic (exact) mass is 314 g/mol. The summed E-state index contributed by atoms with van der Waals surface area (Å²) >= 11 is 0. The number of nitrogens with zero attached hydrogens (tertiary/aromatic N) is 3. The quantitative estimate of drug-likeness (QED) is 0.917. The third kappa shape index (κ3) is 2.79. The standard InChI is InChI=1S/C17H22N4O2/c1-20-9-8-18-17(20)16-14(19-11-13-3-2-10-23-13)6-7-15(22)21(16)12-4-5-12/h2-3,8-10,12,14,16,19H,4-7,11H2,1H3/t14-,16-/m1/s1. The molecule has 1 saturated carbocycles. The number of rotatable bonds is 5. The maximum atomic E-state index is 12.5. The van der Waals surface area contributed by atoms with E-state index >= 15 is 0 Å². The molecule has 6 nitrogen and oxygen atoms in total. The molecule has 1 amide bonds. The first-order valence-corrected chi connectivity index (χ1v) is 8.28. The molecule has 2 aromatic heterocycles. The van der Waals surface area contributed by atoms with Crippen molar-refractivity contribution in [1.82, 2.24) is 19.8 Å². The molecule has 2 atom stereocenters. The predicted molar refractivity (Wildman–Crippen MR) is 84.4 cm³/mol. The number of likely N-dealkylation sites (tertiary alicyclic amines) is 1. The average molecular weight is 314 g/mol. The van der Waals surface area contributed by atoms with Crippen LogP contribution >= 0.6 is 0 Å². The van der Waals surface area contributed by atoms with E-state index in [4.69, 9.17) is 4.42 Å². The lowest BCUT2D eigenvalue weighted by Gasteiger charge is -2.41. The number of carbonyl (C=O) groups excluding carboxylic acids is 1. The summed E-state index contributed by atoms with van der Waals surface area (Å²) in [4.78, 5) is 19.1. The summed E-state index contributed by atoms with van der Waals surface area (Å²) in [6, 6.07) is 4.44. The Morgan fingerprint density at radius 1 is 1.39 bits per heavy atom. The van der Waals surface area contributed by atoms with E-state index < -0.39 is 0 Å². The van der Waals surface area contributed by atoms with E-state index in [0.29, 0.717) is 19.0 Å². The first-order chi connectivity index (χ1) is 11.2.